The van der Waals surface area contributed by atoms with Gasteiger partial charge >= 0.3 is 0 Å². The molecular formula is C22H27N3O3. The predicted molar refractivity (Wildman–Crippen MR) is 108 cm³/mol. The van der Waals surface area contributed by atoms with Gasteiger partial charge in [-0.1, -0.05) is 19.1 Å². The molecule has 1 saturated heterocycles. The van der Waals surface area contributed by atoms with Gasteiger partial charge in [-0.3, -0.25) is 14.6 Å². The van der Waals surface area contributed by atoms with Gasteiger partial charge in [0.25, 0.3) is 11.8 Å². The number of rotatable bonds is 6. The van der Waals surface area contributed by atoms with Crippen LogP contribution >= 0.6 is 0 Å². The number of amides is 2. The Morgan fingerprint density at radius 3 is 2.57 bits per heavy atom. The van der Waals surface area contributed by atoms with Gasteiger partial charge in [0, 0.05) is 31.4 Å². The second kappa shape index (κ2) is 9.35. The molecule has 1 aromatic heterocycles. The van der Waals surface area contributed by atoms with E-state index in [2.05, 4.69) is 17.2 Å². The summed E-state index contributed by atoms with van der Waals surface area (Å²) in [5.41, 5.74) is 1.90. The minimum atomic E-state index is -0.197. The van der Waals surface area contributed by atoms with Crippen molar-refractivity contribution in [3.05, 3.63) is 59.4 Å². The molecule has 1 aliphatic rings. The highest BCUT2D eigenvalue weighted by Gasteiger charge is 2.22. The van der Waals surface area contributed by atoms with E-state index in [0.29, 0.717) is 23.7 Å². The van der Waals surface area contributed by atoms with Crippen LogP contribution in [0.4, 0.5) is 0 Å². The fraction of sp³-hybridized carbons (Fsp3) is 0.409. The lowest BCUT2D eigenvalue weighted by atomic mass is 9.99. The van der Waals surface area contributed by atoms with Gasteiger partial charge in [0.05, 0.1) is 7.11 Å². The van der Waals surface area contributed by atoms with Crippen molar-refractivity contribution in [1.82, 2.24) is 15.2 Å². The Morgan fingerprint density at radius 2 is 1.89 bits per heavy atom. The summed E-state index contributed by atoms with van der Waals surface area (Å²) in [4.78, 5) is 31.1. The van der Waals surface area contributed by atoms with Crippen molar-refractivity contribution < 1.29 is 14.3 Å². The quantitative estimate of drug-likeness (QED) is 0.835. The molecule has 0 radical (unpaired) electrons. The number of carbonyl (C=O) groups excluding carboxylic acids is 2. The molecule has 1 aliphatic heterocycles. The van der Waals surface area contributed by atoms with E-state index < -0.39 is 0 Å². The number of benzene rings is 1. The smallest absolute Gasteiger partial charge is 0.272 e. The first kappa shape index (κ1) is 19.9. The minimum Gasteiger partial charge on any atom is -0.497 e. The summed E-state index contributed by atoms with van der Waals surface area (Å²) in [5.74, 6) is 1.17. The predicted octanol–water partition coefficient (Wildman–Crippen LogP) is 2.93. The lowest BCUT2D eigenvalue weighted by Crippen LogP contribution is -2.38. The molecule has 2 aromatic rings. The standard InChI is InChI=1S/C22H27N3O3/c1-16-9-13-25(14-10-16)22(27)20-15-18(8-12-23-20)21(26)24-11-7-17-3-5-19(28-2)6-4-17/h3-6,8,12,15-16H,7,9-11,13-14H2,1-2H3,(H,24,26). The molecule has 3 rings (SSSR count). The summed E-state index contributed by atoms with van der Waals surface area (Å²) in [6, 6.07) is 11.0. The van der Waals surface area contributed by atoms with E-state index in [1.165, 1.54) is 6.20 Å². The number of hydrogen-bond donors (Lipinski definition) is 1. The number of nitrogens with one attached hydrogen (secondary N) is 1. The molecule has 0 aliphatic carbocycles. The van der Waals surface area contributed by atoms with Gasteiger partial charge in [-0.25, -0.2) is 0 Å². The number of methoxy groups -OCH3 is 1. The SMILES string of the molecule is COc1ccc(CCNC(=O)c2ccnc(C(=O)N3CCC(C)CC3)c2)cc1. The fourth-order valence-electron chi connectivity index (χ4n) is 3.28. The van der Waals surface area contributed by atoms with E-state index in [1.54, 1.807) is 19.2 Å². The van der Waals surface area contributed by atoms with E-state index in [0.717, 1.165) is 43.7 Å². The maximum atomic E-state index is 12.7. The van der Waals surface area contributed by atoms with E-state index in [-0.39, 0.29) is 11.8 Å². The molecule has 0 saturated carbocycles. The number of likely N-dealkylation sites (tertiary alicyclic amines) is 1. The molecule has 28 heavy (non-hydrogen) atoms. The first-order valence-electron chi connectivity index (χ1n) is 9.73. The second-order valence-corrected chi connectivity index (χ2v) is 7.26. The minimum absolute atomic E-state index is 0.0974. The molecule has 0 atom stereocenters. The average molecular weight is 381 g/mol. The van der Waals surface area contributed by atoms with Crippen LogP contribution in [0.2, 0.25) is 0 Å². The van der Waals surface area contributed by atoms with Crippen molar-refractivity contribution >= 4 is 11.8 Å². The van der Waals surface area contributed by atoms with Crippen LogP contribution in [0, 0.1) is 5.92 Å². The largest absolute Gasteiger partial charge is 0.497 e. The molecule has 1 aromatic carbocycles. The Kier molecular flexibility index (Phi) is 6.63. The summed E-state index contributed by atoms with van der Waals surface area (Å²) in [7, 11) is 1.63. The molecule has 148 valence electrons. The highest BCUT2D eigenvalue weighted by Crippen LogP contribution is 2.18. The van der Waals surface area contributed by atoms with Crippen LogP contribution in [0.15, 0.2) is 42.6 Å². The molecule has 0 spiro atoms. The van der Waals surface area contributed by atoms with Crippen LogP contribution in [0.1, 0.15) is 46.2 Å². The molecule has 0 unspecified atom stereocenters. The van der Waals surface area contributed by atoms with Gasteiger partial charge in [-0.15, -0.1) is 0 Å². The van der Waals surface area contributed by atoms with E-state index in [4.69, 9.17) is 4.74 Å². The molecule has 0 bridgehead atoms. The van der Waals surface area contributed by atoms with E-state index in [9.17, 15) is 9.59 Å². The fourth-order valence-corrected chi connectivity index (χ4v) is 3.28. The molecular weight excluding hydrogens is 354 g/mol. The van der Waals surface area contributed by atoms with Gasteiger partial charge in [0.15, 0.2) is 0 Å². The van der Waals surface area contributed by atoms with Crippen molar-refractivity contribution in [3.63, 3.8) is 0 Å². The first-order chi connectivity index (χ1) is 13.6. The van der Waals surface area contributed by atoms with Crippen molar-refractivity contribution in [2.75, 3.05) is 26.7 Å². The van der Waals surface area contributed by atoms with Crippen LogP contribution in [0.3, 0.4) is 0 Å². The average Bonchev–Trinajstić information content (AvgIpc) is 2.74. The topological polar surface area (TPSA) is 71.5 Å². The number of piperidine rings is 1. The maximum Gasteiger partial charge on any atom is 0.272 e. The summed E-state index contributed by atoms with van der Waals surface area (Å²) < 4.78 is 5.14. The summed E-state index contributed by atoms with van der Waals surface area (Å²) in [5, 5.41) is 2.90. The monoisotopic (exact) mass is 381 g/mol. The van der Waals surface area contributed by atoms with Crippen LogP contribution in [0.25, 0.3) is 0 Å². The van der Waals surface area contributed by atoms with Crippen molar-refractivity contribution in [3.8, 4) is 5.75 Å². The zero-order chi connectivity index (χ0) is 19.9. The molecule has 2 amide bonds. The van der Waals surface area contributed by atoms with Gasteiger partial charge in [-0.2, -0.15) is 0 Å². The Balaban J connectivity index is 1.55. The Hall–Kier alpha value is -2.89. The number of aromatic nitrogens is 1. The second-order valence-electron chi connectivity index (χ2n) is 7.26. The maximum absolute atomic E-state index is 12.7. The van der Waals surface area contributed by atoms with Crippen LogP contribution < -0.4 is 10.1 Å². The van der Waals surface area contributed by atoms with E-state index >= 15 is 0 Å². The Morgan fingerprint density at radius 1 is 1.18 bits per heavy atom. The number of carbonyl (C=O) groups is 2. The van der Waals surface area contributed by atoms with Gasteiger partial charge < -0.3 is 15.0 Å². The highest BCUT2D eigenvalue weighted by atomic mass is 16.5. The molecule has 2 heterocycles. The molecule has 1 N–H and O–H groups in total. The van der Waals surface area contributed by atoms with Crippen molar-refractivity contribution in [2.45, 2.75) is 26.2 Å². The summed E-state index contributed by atoms with van der Waals surface area (Å²) in [6.45, 7) is 4.22. The van der Waals surface area contributed by atoms with Gasteiger partial charge in [0.1, 0.15) is 11.4 Å². The normalized spacial score (nSPS) is 14.6. The summed E-state index contributed by atoms with van der Waals surface area (Å²) >= 11 is 0. The highest BCUT2D eigenvalue weighted by molar-refractivity contribution is 5.98. The molecule has 1 fully saturated rings. The van der Waals surface area contributed by atoms with E-state index in [1.807, 2.05) is 29.2 Å². The first-order valence-corrected chi connectivity index (χ1v) is 9.73. The lowest BCUT2D eigenvalue weighted by molar-refractivity contribution is 0.0691. The van der Waals surface area contributed by atoms with Gasteiger partial charge in [-0.05, 0) is 55.0 Å². The lowest BCUT2D eigenvalue weighted by Gasteiger charge is -2.30. The van der Waals surface area contributed by atoms with Crippen molar-refractivity contribution in [1.29, 1.82) is 0 Å². The van der Waals surface area contributed by atoms with Gasteiger partial charge in [0.2, 0.25) is 0 Å². The molecule has 6 nitrogen and oxygen atoms in total. The molecule has 6 heteroatoms. The third-order valence-corrected chi connectivity index (χ3v) is 5.17. The number of ether oxygens (including phenoxy) is 1. The summed E-state index contributed by atoms with van der Waals surface area (Å²) in [6.07, 6.45) is 4.27. The zero-order valence-corrected chi connectivity index (χ0v) is 16.5. The van der Waals surface area contributed by atoms with Crippen LogP contribution in [-0.2, 0) is 6.42 Å². The Bertz CT molecular complexity index is 812. The number of pyridine rings is 1. The van der Waals surface area contributed by atoms with Crippen LogP contribution in [-0.4, -0.2) is 48.4 Å². The number of nitrogens with zero attached hydrogens (tertiary/aromatic N) is 2. The van der Waals surface area contributed by atoms with Crippen molar-refractivity contribution in [2.24, 2.45) is 5.92 Å². The third-order valence-electron chi connectivity index (χ3n) is 5.17. The third kappa shape index (κ3) is 5.09. The van der Waals surface area contributed by atoms with Crippen LogP contribution in [0.5, 0.6) is 5.75 Å². The zero-order valence-electron chi connectivity index (χ0n) is 16.5. The number of hydrogen-bond acceptors (Lipinski definition) is 4. The Labute approximate surface area is 165 Å².